The number of methoxy groups -OCH3 is 1. The van der Waals surface area contributed by atoms with Crippen LogP contribution in [-0.4, -0.2) is 31.0 Å². The fourth-order valence-corrected chi connectivity index (χ4v) is 2.06. The molecule has 0 radical (unpaired) electrons. The Labute approximate surface area is 118 Å². The maximum Gasteiger partial charge on any atom is 0.233 e. The van der Waals surface area contributed by atoms with Crippen LogP contribution in [0.1, 0.15) is 24.2 Å². The lowest BCUT2D eigenvalue weighted by atomic mass is 10.0. The summed E-state index contributed by atoms with van der Waals surface area (Å²) >= 11 is 0. The summed E-state index contributed by atoms with van der Waals surface area (Å²) in [6, 6.07) is 11.6. The molecule has 0 fully saturated rings. The third kappa shape index (κ3) is 3.05. The van der Waals surface area contributed by atoms with Crippen molar-refractivity contribution in [1.29, 1.82) is 0 Å². The molecule has 0 bridgehead atoms. The summed E-state index contributed by atoms with van der Waals surface area (Å²) in [7, 11) is 3.46. The van der Waals surface area contributed by atoms with E-state index in [9.17, 15) is 0 Å². The first-order valence-electron chi connectivity index (χ1n) is 6.56. The Balaban J connectivity index is 2.35. The van der Waals surface area contributed by atoms with Gasteiger partial charge in [-0.2, -0.15) is 0 Å². The summed E-state index contributed by atoms with van der Waals surface area (Å²) in [6.45, 7) is 2.60. The maximum absolute atomic E-state index is 5.67. The maximum atomic E-state index is 5.67. The topological polar surface area (TPSA) is 56.3 Å². The van der Waals surface area contributed by atoms with Crippen molar-refractivity contribution in [1.82, 2.24) is 15.5 Å². The van der Waals surface area contributed by atoms with E-state index in [2.05, 4.69) is 15.5 Å². The van der Waals surface area contributed by atoms with Gasteiger partial charge in [-0.3, -0.25) is 0 Å². The second kappa shape index (κ2) is 6.86. The van der Waals surface area contributed by atoms with Gasteiger partial charge >= 0.3 is 0 Å². The minimum Gasteiger partial charge on any atom is -0.494 e. The minimum atomic E-state index is -0.0730. The van der Waals surface area contributed by atoms with Gasteiger partial charge in [-0.25, -0.2) is 0 Å². The predicted octanol–water partition coefficient (Wildman–Crippen LogP) is 2.19. The summed E-state index contributed by atoms with van der Waals surface area (Å²) in [6.07, 6.45) is 0. The Morgan fingerprint density at radius 3 is 2.55 bits per heavy atom. The molecule has 1 aromatic carbocycles. The van der Waals surface area contributed by atoms with Gasteiger partial charge in [0.15, 0.2) is 0 Å². The first-order chi connectivity index (χ1) is 9.80. The standard InChI is InChI=1S/C15H19N3O2/c1-4-20-13-8-6-5-7-11(13)15(16-2)12-9-10-14(19-3)18-17-12/h5-10,15-16H,4H2,1-3H3. The van der Waals surface area contributed by atoms with Crippen molar-refractivity contribution in [3.63, 3.8) is 0 Å². The first-order valence-corrected chi connectivity index (χ1v) is 6.56. The highest BCUT2D eigenvalue weighted by Crippen LogP contribution is 2.28. The second-order valence-corrected chi connectivity index (χ2v) is 4.19. The molecule has 5 heteroatoms. The van der Waals surface area contributed by atoms with E-state index in [1.807, 2.05) is 44.3 Å². The van der Waals surface area contributed by atoms with Gasteiger partial charge in [-0.15, -0.1) is 10.2 Å². The molecule has 2 aromatic rings. The Morgan fingerprint density at radius 1 is 1.15 bits per heavy atom. The van der Waals surface area contributed by atoms with Crippen LogP contribution in [0.4, 0.5) is 0 Å². The molecule has 20 heavy (non-hydrogen) atoms. The van der Waals surface area contributed by atoms with Gasteiger partial charge < -0.3 is 14.8 Å². The van der Waals surface area contributed by atoms with E-state index in [0.717, 1.165) is 17.0 Å². The van der Waals surface area contributed by atoms with E-state index in [-0.39, 0.29) is 6.04 Å². The predicted molar refractivity (Wildman–Crippen MR) is 77.1 cm³/mol. The molecule has 0 saturated carbocycles. The van der Waals surface area contributed by atoms with Crippen LogP contribution in [0.5, 0.6) is 11.6 Å². The molecule has 106 valence electrons. The largest absolute Gasteiger partial charge is 0.494 e. The number of benzene rings is 1. The number of nitrogens with zero attached hydrogens (tertiary/aromatic N) is 2. The first kappa shape index (κ1) is 14.3. The molecule has 1 aromatic heterocycles. The quantitative estimate of drug-likeness (QED) is 0.874. The van der Waals surface area contributed by atoms with Crippen molar-refractivity contribution in [3.05, 3.63) is 47.7 Å². The minimum absolute atomic E-state index is 0.0730. The van der Waals surface area contributed by atoms with E-state index in [4.69, 9.17) is 9.47 Å². The third-order valence-corrected chi connectivity index (χ3v) is 2.98. The van der Waals surface area contributed by atoms with Crippen LogP contribution in [-0.2, 0) is 0 Å². The van der Waals surface area contributed by atoms with E-state index in [0.29, 0.717) is 12.5 Å². The third-order valence-electron chi connectivity index (χ3n) is 2.98. The van der Waals surface area contributed by atoms with Gasteiger partial charge in [-0.05, 0) is 26.1 Å². The van der Waals surface area contributed by atoms with Crippen LogP contribution in [0, 0.1) is 0 Å². The highest BCUT2D eigenvalue weighted by Gasteiger charge is 2.18. The average Bonchev–Trinajstić information content (AvgIpc) is 2.51. The molecule has 0 spiro atoms. The second-order valence-electron chi connectivity index (χ2n) is 4.19. The summed E-state index contributed by atoms with van der Waals surface area (Å²) < 4.78 is 10.7. The van der Waals surface area contributed by atoms with Crippen LogP contribution in [0.15, 0.2) is 36.4 Å². The molecular weight excluding hydrogens is 254 g/mol. The number of hydrogen-bond donors (Lipinski definition) is 1. The number of para-hydroxylation sites is 1. The lowest BCUT2D eigenvalue weighted by Crippen LogP contribution is -2.20. The smallest absolute Gasteiger partial charge is 0.233 e. The van der Waals surface area contributed by atoms with Crippen molar-refractivity contribution in [2.45, 2.75) is 13.0 Å². The van der Waals surface area contributed by atoms with Crippen molar-refractivity contribution < 1.29 is 9.47 Å². The van der Waals surface area contributed by atoms with Gasteiger partial charge in [0.05, 0.1) is 25.5 Å². The van der Waals surface area contributed by atoms with E-state index in [1.54, 1.807) is 13.2 Å². The molecule has 0 aliphatic heterocycles. The highest BCUT2D eigenvalue weighted by molar-refractivity contribution is 5.40. The SMILES string of the molecule is CCOc1ccccc1C(NC)c1ccc(OC)nn1. The van der Waals surface area contributed by atoms with Crippen LogP contribution < -0.4 is 14.8 Å². The van der Waals surface area contributed by atoms with Crippen molar-refractivity contribution >= 4 is 0 Å². The van der Waals surface area contributed by atoms with Crippen LogP contribution >= 0.6 is 0 Å². The molecule has 5 nitrogen and oxygen atoms in total. The number of aromatic nitrogens is 2. The molecule has 2 rings (SSSR count). The Bertz CT molecular complexity index is 543. The van der Waals surface area contributed by atoms with E-state index in [1.165, 1.54) is 0 Å². The lowest BCUT2D eigenvalue weighted by Gasteiger charge is -2.19. The van der Waals surface area contributed by atoms with Gasteiger partial charge in [0.1, 0.15) is 5.75 Å². The fraction of sp³-hybridized carbons (Fsp3) is 0.333. The molecule has 1 N–H and O–H groups in total. The average molecular weight is 273 g/mol. The van der Waals surface area contributed by atoms with Crippen molar-refractivity contribution in [3.8, 4) is 11.6 Å². The summed E-state index contributed by atoms with van der Waals surface area (Å²) in [4.78, 5) is 0. The zero-order chi connectivity index (χ0) is 14.4. The normalized spacial score (nSPS) is 11.9. The van der Waals surface area contributed by atoms with Gasteiger partial charge in [-0.1, -0.05) is 18.2 Å². The molecule has 1 unspecified atom stereocenters. The monoisotopic (exact) mass is 273 g/mol. The van der Waals surface area contributed by atoms with Crippen LogP contribution in [0.25, 0.3) is 0 Å². The van der Waals surface area contributed by atoms with E-state index >= 15 is 0 Å². The Morgan fingerprint density at radius 2 is 1.95 bits per heavy atom. The lowest BCUT2D eigenvalue weighted by molar-refractivity contribution is 0.333. The summed E-state index contributed by atoms with van der Waals surface area (Å²) in [5, 5.41) is 11.5. The Hall–Kier alpha value is -2.14. The number of ether oxygens (including phenoxy) is 2. The molecule has 1 heterocycles. The molecule has 0 amide bonds. The fourth-order valence-electron chi connectivity index (χ4n) is 2.06. The van der Waals surface area contributed by atoms with E-state index < -0.39 is 0 Å². The number of nitrogens with one attached hydrogen (secondary N) is 1. The molecule has 1 atom stereocenters. The van der Waals surface area contributed by atoms with Gasteiger partial charge in [0.25, 0.3) is 0 Å². The molecule has 0 saturated heterocycles. The van der Waals surface area contributed by atoms with Crippen LogP contribution in [0.3, 0.4) is 0 Å². The van der Waals surface area contributed by atoms with Crippen molar-refractivity contribution in [2.24, 2.45) is 0 Å². The number of hydrogen-bond acceptors (Lipinski definition) is 5. The molecule has 0 aliphatic rings. The highest BCUT2D eigenvalue weighted by atomic mass is 16.5. The molecule has 0 aliphatic carbocycles. The van der Waals surface area contributed by atoms with Gasteiger partial charge in [0, 0.05) is 11.6 Å². The van der Waals surface area contributed by atoms with Crippen molar-refractivity contribution in [2.75, 3.05) is 20.8 Å². The zero-order valence-electron chi connectivity index (χ0n) is 12.0. The summed E-state index contributed by atoms with van der Waals surface area (Å²) in [5.41, 5.74) is 1.86. The summed E-state index contributed by atoms with van der Waals surface area (Å²) in [5.74, 6) is 1.36. The number of rotatable bonds is 6. The zero-order valence-corrected chi connectivity index (χ0v) is 12.0. The molecular formula is C15H19N3O2. The van der Waals surface area contributed by atoms with Crippen LogP contribution in [0.2, 0.25) is 0 Å². The van der Waals surface area contributed by atoms with Gasteiger partial charge in [0.2, 0.25) is 5.88 Å². The Kier molecular flexibility index (Phi) is 4.90.